The Morgan fingerprint density at radius 2 is 2.00 bits per heavy atom. The van der Waals surface area contributed by atoms with Crippen LogP contribution in [0.4, 0.5) is 23.2 Å². The van der Waals surface area contributed by atoms with Crippen LogP contribution in [-0.2, 0) is 17.5 Å². The fourth-order valence-electron chi connectivity index (χ4n) is 3.61. The van der Waals surface area contributed by atoms with Crippen LogP contribution in [0.2, 0.25) is 0 Å². The minimum absolute atomic E-state index is 0.0433. The molecule has 0 radical (unpaired) electrons. The van der Waals surface area contributed by atoms with Crippen LogP contribution in [0, 0.1) is 5.82 Å². The zero-order valence-corrected chi connectivity index (χ0v) is 16.2. The van der Waals surface area contributed by atoms with Gasteiger partial charge in [0.05, 0.1) is 34.9 Å². The molecular weight excluding hydrogens is 418 g/mol. The second-order valence-electron chi connectivity index (χ2n) is 7.26. The lowest BCUT2D eigenvalue weighted by Crippen LogP contribution is -2.29. The van der Waals surface area contributed by atoms with E-state index < -0.39 is 23.5 Å². The smallest absolute Gasteiger partial charge is 0.381 e. The summed E-state index contributed by atoms with van der Waals surface area (Å²) in [5.41, 5.74) is 4.87. The second-order valence-corrected chi connectivity index (χ2v) is 7.26. The fraction of sp³-hybridized carbons (Fsp3) is 0.350. The maximum atomic E-state index is 14.5. The third-order valence-corrected chi connectivity index (χ3v) is 5.21. The first-order valence-corrected chi connectivity index (χ1v) is 9.59. The molecule has 3 heterocycles. The predicted molar refractivity (Wildman–Crippen MR) is 104 cm³/mol. The molecule has 0 unspecified atom stereocenters. The number of aromatic nitrogens is 3. The molecule has 1 saturated heterocycles. The van der Waals surface area contributed by atoms with Crippen molar-refractivity contribution in [3.63, 3.8) is 0 Å². The number of benzene rings is 1. The molecular formula is C20H19F4N5O2. The Morgan fingerprint density at radius 1 is 1.26 bits per heavy atom. The highest BCUT2D eigenvalue weighted by molar-refractivity contribution is 6.05. The van der Waals surface area contributed by atoms with Gasteiger partial charge in [0.1, 0.15) is 5.82 Å². The molecule has 0 atom stereocenters. The standard InChI is InChI=1S/C20H19F4N5O2/c21-16-11(2-1-3-15(16)20(22,23)24)10-29-19-14(9-27-29)17(13(8-26-19)18(25)30)28-12-4-6-31-7-5-12/h1-3,8-9,12H,4-7,10H2,(H2,25,30)(H,26,28). The molecule has 11 heteroatoms. The lowest BCUT2D eigenvalue weighted by Gasteiger charge is -2.25. The number of hydrogen-bond donors (Lipinski definition) is 2. The van der Waals surface area contributed by atoms with Crippen molar-refractivity contribution < 1.29 is 27.1 Å². The van der Waals surface area contributed by atoms with Crippen LogP contribution in [0.15, 0.2) is 30.6 Å². The molecule has 2 aromatic heterocycles. The normalized spacial score (nSPS) is 15.4. The molecule has 7 nitrogen and oxygen atoms in total. The van der Waals surface area contributed by atoms with Gasteiger partial charge in [-0.1, -0.05) is 12.1 Å². The quantitative estimate of drug-likeness (QED) is 0.597. The van der Waals surface area contributed by atoms with Gasteiger partial charge in [-0.3, -0.25) is 4.79 Å². The molecule has 1 fully saturated rings. The lowest BCUT2D eigenvalue weighted by molar-refractivity contribution is -0.140. The number of pyridine rings is 1. The minimum atomic E-state index is -4.80. The van der Waals surface area contributed by atoms with E-state index in [1.54, 1.807) is 0 Å². The number of alkyl halides is 3. The van der Waals surface area contributed by atoms with Gasteiger partial charge in [0.2, 0.25) is 0 Å². The average molecular weight is 437 g/mol. The van der Waals surface area contributed by atoms with Gasteiger partial charge < -0.3 is 15.8 Å². The average Bonchev–Trinajstić information content (AvgIpc) is 3.13. The molecule has 1 amide bonds. The van der Waals surface area contributed by atoms with Gasteiger partial charge in [0.15, 0.2) is 5.65 Å². The van der Waals surface area contributed by atoms with Crippen LogP contribution >= 0.6 is 0 Å². The highest BCUT2D eigenvalue weighted by Gasteiger charge is 2.35. The number of fused-ring (bicyclic) bond motifs is 1. The zero-order valence-electron chi connectivity index (χ0n) is 16.2. The van der Waals surface area contributed by atoms with E-state index in [1.165, 1.54) is 23.1 Å². The number of ether oxygens (including phenoxy) is 1. The van der Waals surface area contributed by atoms with Crippen molar-refractivity contribution in [1.82, 2.24) is 14.8 Å². The fourth-order valence-corrected chi connectivity index (χ4v) is 3.61. The number of carbonyl (C=O) groups is 1. The number of hydrogen-bond acceptors (Lipinski definition) is 5. The van der Waals surface area contributed by atoms with Crippen LogP contribution in [0.25, 0.3) is 11.0 Å². The topological polar surface area (TPSA) is 95.1 Å². The maximum absolute atomic E-state index is 14.5. The number of primary amides is 1. The number of anilines is 1. The first-order chi connectivity index (χ1) is 14.8. The summed E-state index contributed by atoms with van der Waals surface area (Å²) in [5.74, 6) is -2.03. The van der Waals surface area contributed by atoms with Crippen LogP contribution in [0.1, 0.15) is 34.3 Å². The molecule has 1 aromatic carbocycles. The molecule has 1 aliphatic rings. The lowest BCUT2D eigenvalue weighted by atomic mass is 10.1. The van der Waals surface area contributed by atoms with Crippen molar-refractivity contribution >= 4 is 22.6 Å². The molecule has 3 aromatic rings. The van der Waals surface area contributed by atoms with Gasteiger partial charge in [-0.2, -0.15) is 18.3 Å². The Hall–Kier alpha value is -3.21. The summed E-state index contributed by atoms with van der Waals surface area (Å²) in [7, 11) is 0. The van der Waals surface area contributed by atoms with E-state index in [-0.39, 0.29) is 29.4 Å². The van der Waals surface area contributed by atoms with Crippen molar-refractivity contribution in [3.05, 3.63) is 53.1 Å². The Balaban J connectivity index is 1.73. The first-order valence-electron chi connectivity index (χ1n) is 9.59. The van der Waals surface area contributed by atoms with Crippen LogP contribution in [-0.4, -0.2) is 39.9 Å². The van der Waals surface area contributed by atoms with Crippen molar-refractivity contribution in [1.29, 1.82) is 0 Å². The molecule has 3 N–H and O–H groups in total. The molecule has 164 valence electrons. The van der Waals surface area contributed by atoms with E-state index in [2.05, 4.69) is 15.4 Å². The third-order valence-electron chi connectivity index (χ3n) is 5.21. The van der Waals surface area contributed by atoms with Crippen LogP contribution in [0.5, 0.6) is 0 Å². The highest BCUT2D eigenvalue weighted by atomic mass is 19.4. The summed E-state index contributed by atoms with van der Waals surface area (Å²) in [6.07, 6.45) is -0.631. The van der Waals surface area contributed by atoms with Crippen molar-refractivity contribution in [2.24, 2.45) is 5.73 Å². The monoisotopic (exact) mass is 437 g/mol. The van der Waals surface area contributed by atoms with E-state index >= 15 is 0 Å². The van der Waals surface area contributed by atoms with Gasteiger partial charge in [-0.15, -0.1) is 0 Å². The van der Waals surface area contributed by atoms with Gasteiger partial charge in [-0.25, -0.2) is 14.1 Å². The Morgan fingerprint density at radius 3 is 2.68 bits per heavy atom. The molecule has 31 heavy (non-hydrogen) atoms. The van der Waals surface area contributed by atoms with E-state index in [0.29, 0.717) is 30.4 Å². The van der Waals surface area contributed by atoms with Gasteiger partial charge in [0, 0.05) is 31.0 Å². The first kappa shape index (κ1) is 21.0. The number of carbonyl (C=O) groups excluding carboxylic acids is 1. The second kappa shape index (κ2) is 8.14. The molecule has 0 aliphatic carbocycles. The number of rotatable bonds is 5. The summed E-state index contributed by atoms with van der Waals surface area (Å²) >= 11 is 0. The highest BCUT2D eigenvalue weighted by Crippen LogP contribution is 2.33. The Kier molecular flexibility index (Phi) is 5.52. The molecule has 4 rings (SSSR count). The van der Waals surface area contributed by atoms with Crippen molar-refractivity contribution in [2.45, 2.75) is 31.6 Å². The Labute approximate surface area is 174 Å². The SMILES string of the molecule is NC(=O)c1cnc2c(cnn2Cc2cccc(C(F)(F)F)c2F)c1NC1CCOCC1. The minimum Gasteiger partial charge on any atom is -0.381 e. The van der Waals surface area contributed by atoms with Crippen molar-refractivity contribution in [3.8, 4) is 0 Å². The van der Waals surface area contributed by atoms with Crippen molar-refractivity contribution in [2.75, 3.05) is 18.5 Å². The van der Waals surface area contributed by atoms with E-state index in [0.717, 1.165) is 18.9 Å². The summed E-state index contributed by atoms with van der Waals surface area (Å²) in [5, 5.41) is 7.93. The summed E-state index contributed by atoms with van der Waals surface area (Å²) < 4.78 is 60.1. The summed E-state index contributed by atoms with van der Waals surface area (Å²) in [6.45, 7) is 0.886. The third kappa shape index (κ3) is 4.18. The van der Waals surface area contributed by atoms with Gasteiger partial charge in [0.25, 0.3) is 5.91 Å². The van der Waals surface area contributed by atoms with E-state index in [9.17, 15) is 22.4 Å². The largest absolute Gasteiger partial charge is 0.419 e. The van der Waals surface area contributed by atoms with E-state index in [4.69, 9.17) is 10.5 Å². The molecule has 0 bridgehead atoms. The Bertz CT molecular complexity index is 1120. The molecule has 1 aliphatic heterocycles. The number of nitrogens with one attached hydrogen (secondary N) is 1. The molecule has 0 spiro atoms. The number of nitrogens with zero attached hydrogens (tertiary/aromatic N) is 3. The summed E-state index contributed by atoms with van der Waals surface area (Å²) in [4.78, 5) is 16.1. The number of nitrogens with two attached hydrogens (primary N) is 1. The maximum Gasteiger partial charge on any atom is 0.419 e. The van der Waals surface area contributed by atoms with Gasteiger partial charge >= 0.3 is 6.18 Å². The van der Waals surface area contributed by atoms with Crippen LogP contribution in [0.3, 0.4) is 0 Å². The van der Waals surface area contributed by atoms with E-state index in [1.807, 2.05) is 0 Å². The van der Waals surface area contributed by atoms with Crippen LogP contribution < -0.4 is 11.1 Å². The van der Waals surface area contributed by atoms with Gasteiger partial charge in [-0.05, 0) is 18.9 Å². The number of amides is 1. The number of halogens is 4. The summed E-state index contributed by atoms with van der Waals surface area (Å²) in [6, 6.07) is 3.13. The zero-order chi connectivity index (χ0) is 22.2. The predicted octanol–water partition coefficient (Wildman–Crippen LogP) is 3.33. The molecule has 0 saturated carbocycles.